The van der Waals surface area contributed by atoms with E-state index in [1.807, 2.05) is 0 Å². The van der Waals surface area contributed by atoms with Gasteiger partial charge in [0.05, 0.1) is 0 Å². The van der Waals surface area contributed by atoms with E-state index in [4.69, 9.17) is 0 Å². The lowest BCUT2D eigenvalue weighted by molar-refractivity contribution is 0.302. The Morgan fingerprint density at radius 2 is 2.25 bits per heavy atom. The highest BCUT2D eigenvalue weighted by Crippen LogP contribution is 2.38. The zero-order valence-electron chi connectivity index (χ0n) is 8.56. The highest BCUT2D eigenvalue weighted by atomic mass is 14.9. The van der Waals surface area contributed by atoms with Crippen molar-refractivity contribution in [1.82, 2.24) is 5.32 Å². The second kappa shape index (κ2) is 4.08. The van der Waals surface area contributed by atoms with Crippen molar-refractivity contribution < 1.29 is 0 Å². The minimum Gasteiger partial charge on any atom is -0.317 e. The largest absolute Gasteiger partial charge is 0.317 e. The quantitative estimate of drug-likeness (QED) is 0.637. The first-order valence-electron chi connectivity index (χ1n) is 5.03. The van der Waals surface area contributed by atoms with E-state index in [0.717, 1.165) is 11.8 Å². The monoisotopic (exact) mass is 167 g/mol. The Labute approximate surface area is 76.2 Å². The van der Waals surface area contributed by atoms with Crippen LogP contribution in [0.15, 0.2) is 12.2 Å². The normalized spacial score (nSPS) is 32.4. The van der Waals surface area contributed by atoms with Crippen LogP contribution in [-0.2, 0) is 0 Å². The highest BCUT2D eigenvalue weighted by molar-refractivity contribution is 5.07. The van der Waals surface area contributed by atoms with E-state index < -0.39 is 0 Å². The number of allylic oxidation sites excluding steroid dienone is 1. The van der Waals surface area contributed by atoms with E-state index in [1.54, 1.807) is 0 Å². The summed E-state index contributed by atoms with van der Waals surface area (Å²) in [5.74, 6) is 1.70. The van der Waals surface area contributed by atoms with Gasteiger partial charge in [-0.3, -0.25) is 0 Å². The van der Waals surface area contributed by atoms with Gasteiger partial charge in [0.15, 0.2) is 0 Å². The predicted octanol–water partition coefficient (Wildman–Crippen LogP) is 2.59. The average molecular weight is 167 g/mol. The molecule has 1 saturated carbocycles. The molecule has 3 atom stereocenters. The van der Waals surface area contributed by atoms with Crippen molar-refractivity contribution in [3.63, 3.8) is 0 Å². The maximum Gasteiger partial charge on any atom is 0.00698 e. The van der Waals surface area contributed by atoms with E-state index in [0.29, 0.717) is 6.04 Å². The van der Waals surface area contributed by atoms with Crippen molar-refractivity contribution in [3.05, 3.63) is 12.2 Å². The molecule has 1 heteroatoms. The Kier molecular flexibility index (Phi) is 3.33. The van der Waals surface area contributed by atoms with Gasteiger partial charge in [-0.15, -0.1) is 0 Å². The Balaban J connectivity index is 2.56. The molecule has 1 rings (SSSR count). The molecular formula is C11H21N. The topological polar surface area (TPSA) is 12.0 Å². The molecule has 0 heterocycles. The fraction of sp³-hybridized carbons (Fsp3) is 0.818. The van der Waals surface area contributed by atoms with E-state index in [1.165, 1.54) is 24.8 Å². The fourth-order valence-corrected chi connectivity index (χ4v) is 2.35. The molecule has 1 unspecified atom stereocenters. The highest BCUT2D eigenvalue weighted by Gasteiger charge is 2.31. The van der Waals surface area contributed by atoms with Gasteiger partial charge in [-0.1, -0.05) is 25.5 Å². The van der Waals surface area contributed by atoms with E-state index in [9.17, 15) is 0 Å². The third-order valence-corrected chi connectivity index (χ3v) is 3.30. The molecule has 1 aliphatic carbocycles. The molecule has 0 saturated heterocycles. The van der Waals surface area contributed by atoms with Crippen molar-refractivity contribution in [1.29, 1.82) is 0 Å². The van der Waals surface area contributed by atoms with Gasteiger partial charge in [0, 0.05) is 6.04 Å². The van der Waals surface area contributed by atoms with Crippen molar-refractivity contribution >= 4 is 0 Å². The fourth-order valence-electron chi connectivity index (χ4n) is 2.35. The van der Waals surface area contributed by atoms with Crippen molar-refractivity contribution in [2.45, 2.75) is 39.2 Å². The molecule has 0 aromatic rings. The van der Waals surface area contributed by atoms with Crippen molar-refractivity contribution in [3.8, 4) is 0 Å². The zero-order chi connectivity index (χ0) is 9.14. The molecule has 1 N–H and O–H groups in total. The Morgan fingerprint density at radius 1 is 1.58 bits per heavy atom. The first-order chi connectivity index (χ1) is 5.69. The third kappa shape index (κ3) is 1.89. The van der Waals surface area contributed by atoms with Gasteiger partial charge in [-0.2, -0.15) is 0 Å². The minimum atomic E-state index is 0.647. The van der Waals surface area contributed by atoms with E-state index in [2.05, 4.69) is 32.8 Å². The SMILES string of the molecule is C=C1C[C@@H](CC)[C@@H](C(C)NC)C1. The van der Waals surface area contributed by atoms with Gasteiger partial charge < -0.3 is 5.32 Å². The van der Waals surface area contributed by atoms with Crippen LogP contribution in [0.3, 0.4) is 0 Å². The summed E-state index contributed by atoms with van der Waals surface area (Å²) in [4.78, 5) is 0. The Morgan fingerprint density at radius 3 is 2.75 bits per heavy atom. The lowest BCUT2D eigenvalue weighted by Gasteiger charge is -2.24. The molecule has 1 fully saturated rings. The molecular weight excluding hydrogens is 146 g/mol. The smallest absolute Gasteiger partial charge is 0.00698 e. The van der Waals surface area contributed by atoms with Crippen LogP contribution in [-0.4, -0.2) is 13.1 Å². The van der Waals surface area contributed by atoms with E-state index >= 15 is 0 Å². The number of hydrogen-bond donors (Lipinski definition) is 1. The van der Waals surface area contributed by atoms with Gasteiger partial charge in [-0.25, -0.2) is 0 Å². The Bertz CT molecular complexity index is 162. The predicted molar refractivity (Wildman–Crippen MR) is 54.2 cm³/mol. The molecule has 0 bridgehead atoms. The van der Waals surface area contributed by atoms with Gasteiger partial charge >= 0.3 is 0 Å². The summed E-state index contributed by atoms with van der Waals surface area (Å²) in [6.45, 7) is 8.67. The van der Waals surface area contributed by atoms with E-state index in [-0.39, 0.29) is 0 Å². The summed E-state index contributed by atoms with van der Waals surface area (Å²) < 4.78 is 0. The summed E-state index contributed by atoms with van der Waals surface area (Å²) in [6, 6.07) is 0.647. The van der Waals surface area contributed by atoms with Crippen molar-refractivity contribution in [2.24, 2.45) is 11.8 Å². The third-order valence-electron chi connectivity index (χ3n) is 3.30. The summed E-state index contributed by atoms with van der Waals surface area (Å²) in [5.41, 5.74) is 1.45. The maximum atomic E-state index is 4.09. The van der Waals surface area contributed by atoms with Crippen LogP contribution >= 0.6 is 0 Å². The first-order valence-corrected chi connectivity index (χ1v) is 5.03. The van der Waals surface area contributed by atoms with Gasteiger partial charge in [-0.05, 0) is 38.6 Å². The van der Waals surface area contributed by atoms with Crippen LogP contribution in [0, 0.1) is 11.8 Å². The second-order valence-corrected chi connectivity index (χ2v) is 4.07. The molecule has 0 aliphatic heterocycles. The van der Waals surface area contributed by atoms with Gasteiger partial charge in [0.25, 0.3) is 0 Å². The number of hydrogen-bond acceptors (Lipinski definition) is 1. The molecule has 1 aliphatic rings. The minimum absolute atomic E-state index is 0.647. The maximum absolute atomic E-state index is 4.09. The average Bonchev–Trinajstić information content (AvgIpc) is 2.45. The van der Waals surface area contributed by atoms with Crippen LogP contribution in [0.25, 0.3) is 0 Å². The van der Waals surface area contributed by atoms with Crippen LogP contribution in [0.5, 0.6) is 0 Å². The molecule has 0 aromatic carbocycles. The first kappa shape index (κ1) is 9.79. The summed E-state index contributed by atoms with van der Waals surface area (Å²) in [5, 5.41) is 3.35. The van der Waals surface area contributed by atoms with Crippen LogP contribution in [0.2, 0.25) is 0 Å². The second-order valence-electron chi connectivity index (χ2n) is 4.07. The molecule has 70 valence electrons. The standard InChI is InChI=1S/C11H21N/c1-5-10-6-8(2)7-11(10)9(3)12-4/h9-12H,2,5-7H2,1,3-4H3/t9?,10-,11-/m1/s1. The molecule has 0 radical (unpaired) electrons. The van der Waals surface area contributed by atoms with Gasteiger partial charge in [0.1, 0.15) is 0 Å². The summed E-state index contributed by atoms with van der Waals surface area (Å²) in [6.07, 6.45) is 3.80. The lowest BCUT2D eigenvalue weighted by atomic mass is 9.88. The molecule has 0 aromatic heterocycles. The number of nitrogens with one attached hydrogen (secondary N) is 1. The van der Waals surface area contributed by atoms with Crippen LogP contribution in [0.1, 0.15) is 33.1 Å². The Hall–Kier alpha value is -0.300. The molecule has 0 spiro atoms. The lowest BCUT2D eigenvalue weighted by Crippen LogP contribution is -2.32. The van der Waals surface area contributed by atoms with Crippen LogP contribution < -0.4 is 5.32 Å². The zero-order valence-corrected chi connectivity index (χ0v) is 8.56. The summed E-state index contributed by atoms with van der Waals surface area (Å²) >= 11 is 0. The van der Waals surface area contributed by atoms with Crippen molar-refractivity contribution in [2.75, 3.05) is 7.05 Å². The number of rotatable bonds is 3. The van der Waals surface area contributed by atoms with Crippen LogP contribution in [0.4, 0.5) is 0 Å². The molecule has 12 heavy (non-hydrogen) atoms. The molecule has 1 nitrogen and oxygen atoms in total. The van der Waals surface area contributed by atoms with Gasteiger partial charge in [0.2, 0.25) is 0 Å². The molecule has 0 amide bonds. The summed E-state index contributed by atoms with van der Waals surface area (Å²) in [7, 11) is 2.05.